The van der Waals surface area contributed by atoms with E-state index in [1.165, 1.54) is 11.1 Å². The molecule has 2 aliphatic heterocycles. The van der Waals surface area contributed by atoms with Crippen molar-refractivity contribution in [3.8, 4) is 0 Å². The molecule has 31 heavy (non-hydrogen) atoms. The predicted molar refractivity (Wildman–Crippen MR) is 122 cm³/mol. The fraction of sp³-hybridized carbons (Fsp3) is 0.480. The highest BCUT2D eigenvalue weighted by Crippen LogP contribution is 2.20. The van der Waals surface area contributed by atoms with Crippen LogP contribution in [-0.2, 0) is 17.7 Å². The molecule has 2 aliphatic rings. The number of benzene rings is 2. The molecular weight excluding hydrogens is 390 g/mol. The monoisotopic (exact) mass is 423 g/mol. The fourth-order valence-corrected chi connectivity index (χ4v) is 4.50. The summed E-state index contributed by atoms with van der Waals surface area (Å²) in [6, 6.07) is 16.5. The number of rotatable bonds is 7. The van der Waals surface area contributed by atoms with E-state index in [0.717, 1.165) is 51.3 Å². The molecule has 2 N–H and O–H groups in total. The number of nitrogens with one attached hydrogen (secondary N) is 1. The van der Waals surface area contributed by atoms with E-state index >= 15 is 0 Å². The van der Waals surface area contributed by atoms with E-state index in [4.69, 9.17) is 4.74 Å². The summed E-state index contributed by atoms with van der Waals surface area (Å²) < 4.78 is 5.41. The second-order valence-electron chi connectivity index (χ2n) is 8.71. The molecule has 2 heterocycles. The number of aliphatic hydroxyl groups excluding tert-OH is 1. The van der Waals surface area contributed by atoms with Gasteiger partial charge in [0.1, 0.15) is 0 Å². The molecule has 0 aromatic heterocycles. The molecule has 0 saturated carbocycles. The van der Waals surface area contributed by atoms with Crippen LogP contribution in [0, 0.1) is 0 Å². The summed E-state index contributed by atoms with van der Waals surface area (Å²) in [4.78, 5) is 16.8. The van der Waals surface area contributed by atoms with Crippen LogP contribution in [0.1, 0.15) is 34.3 Å². The van der Waals surface area contributed by atoms with Gasteiger partial charge in [0, 0.05) is 63.7 Å². The molecule has 0 spiro atoms. The van der Waals surface area contributed by atoms with Gasteiger partial charge in [-0.25, -0.2) is 0 Å². The van der Waals surface area contributed by atoms with Crippen molar-refractivity contribution in [3.05, 3.63) is 65.2 Å². The van der Waals surface area contributed by atoms with Crippen molar-refractivity contribution < 1.29 is 14.6 Å². The number of carbonyl (C=O) groups excluding carboxylic acids is 1. The summed E-state index contributed by atoms with van der Waals surface area (Å²) in [5.74, 6) is -0.0707. The van der Waals surface area contributed by atoms with Crippen molar-refractivity contribution in [2.75, 3.05) is 45.2 Å². The van der Waals surface area contributed by atoms with Gasteiger partial charge >= 0.3 is 0 Å². The molecule has 166 valence electrons. The number of ether oxygens (including phenoxy) is 1. The molecule has 1 saturated heterocycles. The highest BCUT2D eigenvalue weighted by molar-refractivity contribution is 5.95. The maximum absolute atomic E-state index is 12.9. The summed E-state index contributed by atoms with van der Waals surface area (Å²) in [5.41, 5.74) is 4.33. The quantitative estimate of drug-likeness (QED) is 0.717. The van der Waals surface area contributed by atoms with Crippen LogP contribution in [0.15, 0.2) is 48.5 Å². The minimum absolute atomic E-state index is 0.0707. The van der Waals surface area contributed by atoms with Gasteiger partial charge < -0.3 is 20.1 Å². The SMILES string of the molecule is CN(C[C@H](O)CN1CCc2ccccc2C1)C(=O)c1cccc(NC2CCOCC2)c1. The fourth-order valence-electron chi connectivity index (χ4n) is 4.50. The Bertz CT molecular complexity index is 882. The highest BCUT2D eigenvalue weighted by atomic mass is 16.5. The molecule has 1 atom stereocenters. The Balaban J connectivity index is 1.29. The first-order valence-electron chi connectivity index (χ1n) is 11.3. The average Bonchev–Trinajstić information content (AvgIpc) is 2.79. The molecule has 2 aromatic rings. The first-order chi connectivity index (χ1) is 15.1. The normalized spacial score (nSPS) is 18.3. The van der Waals surface area contributed by atoms with Gasteiger partial charge in [-0.05, 0) is 48.6 Å². The molecule has 0 aliphatic carbocycles. The number of nitrogens with zero attached hydrogens (tertiary/aromatic N) is 2. The predicted octanol–water partition coefficient (Wildman–Crippen LogP) is 2.77. The first kappa shape index (κ1) is 21.8. The van der Waals surface area contributed by atoms with Crippen molar-refractivity contribution >= 4 is 11.6 Å². The van der Waals surface area contributed by atoms with E-state index in [0.29, 0.717) is 24.7 Å². The van der Waals surface area contributed by atoms with E-state index in [-0.39, 0.29) is 5.91 Å². The lowest BCUT2D eigenvalue weighted by Gasteiger charge is -2.31. The van der Waals surface area contributed by atoms with Crippen LogP contribution in [0.3, 0.4) is 0 Å². The minimum atomic E-state index is -0.581. The van der Waals surface area contributed by atoms with Crippen LogP contribution < -0.4 is 5.32 Å². The summed E-state index contributed by atoms with van der Waals surface area (Å²) in [6.07, 6.45) is 2.38. The lowest BCUT2D eigenvalue weighted by Crippen LogP contribution is -2.42. The Morgan fingerprint density at radius 3 is 2.77 bits per heavy atom. The van der Waals surface area contributed by atoms with Crippen LogP contribution in [0.5, 0.6) is 0 Å². The zero-order chi connectivity index (χ0) is 21.6. The second kappa shape index (κ2) is 10.3. The van der Waals surface area contributed by atoms with E-state index in [1.54, 1.807) is 11.9 Å². The molecule has 1 amide bonds. The van der Waals surface area contributed by atoms with Gasteiger partial charge in [0.05, 0.1) is 6.10 Å². The Labute approximate surface area is 184 Å². The number of carbonyl (C=O) groups is 1. The summed E-state index contributed by atoms with van der Waals surface area (Å²) in [6.45, 7) is 4.22. The lowest BCUT2D eigenvalue weighted by atomic mass is 10.00. The number of anilines is 1. The second-order valence-corrected chi connectivity index (χ2v) is 8.71. The van der Waals surface area contributed by atoms with Gasteiger partial charge in [-0.15, -0.1) is 0 Å². The van der Waals surface area contributed by atoms with Crippen LogP contribution in [0.25, 0.3) is 0 Å². The van der Waals surface area contributed by atoms with E-state index < -0.39 is 6.10 Å². The van der Waals surface area contributed by atoms with Crippen molar-refractivity contribution in [3.63, 3.8) is 0 Å². The van der Waals surface area contributed by atoms with Crippen LogP contribution >= 0.6 is 0 Å². The third-order valence-corrected chi connectivity index (χ3v) is 6.21. The Hall–Kier alpha value is -2.41. The number of hydrogen-bond acceptors (Lipinski definition) is 5. The molecule has 0 bridgehead atoms. The number of hydrogen-bond donors (Lipinski definition) is 2. The summed E-state index contributed by atoms with van der Waals surface area (Å²) in [5, 5.41) is 14.1. The van der Waals surface area contributed by atoms with E-state index in [9.17, 15) is 9.90 Å². The molecule has 4 rings (SSSR count). The zero-order valence-electron chi connectivity index (χ0n) is 18.3. The average molecular weight is 424 g/mol. The Kier molecular flexibility index (Phi) is 7.22. The summed E-state index contributed by atoms with van der Waals surface area (Å²) in [7, 11) is 1.76. The first-order valence-corrected chi connectivity index (χ1v) is 11.3. The minimum Gasteiger partial charge on any atom is -0.390 e. The molecule has 6 nitrogen and oxygen atoms in total. The number of amides is 1. The highest BCUT2D eigenvalue weighted by Gasteiger charge is 2.21. The largest absolute Gasteiger partial charge is 0.390 e. The van der Waals surface area contributed by atoms with Crippen molar-refractivity contribution in [1.29, 1.82) is 0 Å². The Morgan fingerprint density at radius 2 is 1.97 bits per heavy atom. The van der Waals surface area contributed by atoms with Gasteiger partial charge in [-0.2, -0.15) is 0 Å². The van der Waals surface area contributed by atoms with Crippen molar-refractivity contribution in [2.24, 2.45) is 0 Å². The third kappa shape index (κ3) is 5.85. The van der Waals surface area contributed by atoms with Gasteiger partial charge in [0.2, 0.25) is 0 Å². The summed E-state index contributed by atoms with van der Waals surface area (Å²) >= 11 is 0. The topological polar surface area (TPSA) is 65.0 Å². The standard InChI is InChI=1S/C25H33N3O3/c1-27(17-24(29)18-28-12-9-19-5-2-3-6-21(19)16-28)25(30)20-7-4-8-23(15-20)26-22-10-13-31-14-11-22/h2-8,15,22,24,26,29H,9-14,16-18H2,1H3/t24-/m0/s1. The van der Waals surface area contributed by atoms with Crippen LogP contribution in [0.2, 0.25) is 0 Å². The van der Waals surface area contributed by atoms with Crippen molar-refractivity contribution in [2.45, 2.75) is 38.0 Å². The number of fused-ring (bicyclic) bond motifs is 1. The number of β-amino-alcohol motifs (C(OH)–C–C–N with tert-alkyl or cyclic N) is 1. The van der Waals surface area contributed by atoms with E-state index in [1.807, 2.05) is 24.3 Å². The smallest absolute Gasteiger partial charge is 0.253 e. The Morgan fingerprint density at radius 1 is 1.19 bits per heavy atom. The third-order valence-electron chi connectivity index (χ3n) is 6.21. The maximum Gasteiger partial charge on any atom is 0.253 e. The van der Waals surface area contributed by atoms with Gasteiger partial charge in [-0.1, -0.05) is 30.3 Å². The molecule has 2 aromatic carbocycles. The number of aliphatic hydroxyl groups is 1. The molecule has 0 unspecified atom stereocenters. The van der Waals surface area contributed by atoms with Gasteiger partial charge in [0.25, 0.3) is 5.91 Å². The van der Waals surface area contributed by atoms with Crippen LogP contribution in [-0.4, -0.2) is 72.9 Å². The molecule has 1 fully saturated rings. The maximum atomic E-state index is 12.9. The van der Waals surface area contributed by atoms with Crippen LogP contribution in [0.4, 0.5) is 5.69 Å². The zero-order valence-corrected chi connectivity index (χ0v) is 18.3. The van der Waals surface area contributed by atoms with Gasteiger partial charge in [-0.3, -0.25) is 9.69 Å². The van der Waals surface area contributed by atoms with E-state index in [2.05, 4.69) is 34.5 Å². The van der Waals surface area contributed by atoms with Crippen molar-refractivity contribution in [1.82, 2.24) is 9.80 Å². The molecule has 0 radical (unpaired) electrons. The molecule has 6 heteroatoms. The molecular formula is C25H33N3O3. The van der Waals surface area contributed by atoms with Gasteiger partial charge in [0.15, 0.2) is 0 Å². The number of likely N-dealkylation sites (N-methyl/N-ethyl adjacent to an activating group) is 1. The lowest BCUT2D eigenvalue weighted by molar-refractivity contribution is 0.0568.